The van der Waals surface area contributed by atoms with Crippen molar-refractivity contribution in [2.24, 2.45) is 11.3 Å². The third-order valence-corrected chi connectivity index (χ3v) is 8.21. The number of nitrogens with one attached hydrogen (secondary N) is 1. The maximum atomic E-state index is 13.0. The monoisotopic (exact) mass is 427 g/mol. The largest absolute Gasteiger partial charge is 0.399 e. The topological polar surface area (TPSA) is 78.9 Å². The van der Waals surface area contributed by atoms with E-state index < -0.39 is 0 Å². The van der Waals surface area contributed by atoms with E-state index in [1.165, 1.54) is 16.6 Å². The molecule has 1 aromatic heterocycles. The van der Waals surface area contributed by atoms with E-state index in [2.05, 4.69) is 32.2 Å². The summed E-state index contributed by atoms with van der Waals surface area (Å²) in [6, 6.07) is 9.92. The molecule has 4 nitrogen and oxygen atoms in total. The number of anilines is 2. The fourth-order valence-corrected chi connectivity index (χ4v) is 5.99. The highest BCUT2D eigenvalue weighted by atomic mass is 32.2. The molecule has 1 heterocycles. The van der Waals surface area contributed by atoms with Crippen LogP contribution in [0, 0.1) is 22.7 Å². The zero-order chi connectivity index (χ0) is 21.2. The van der Waals surface area contributed by atoms with Gasteiger partial charge in [-0.1, -0.05) is 27.7 Å². The molecule has 1 aromatic carbocycles. The van der Waals surface area contributed by atoms with Crippen molar-refractivity contribution >= 4 is 39.7 Å². The highest BCUT2D eigenvalue weighted by Gasteiger charge is 2.32. The molecule has 3 rings (SSSR count). The smallest absolute Gasteiger partial charge is 0.238 e. The van der Waals surface area contributed by atoms with Gasteiger partial charge in [-0.3, -0.25) is 4.79 Å². The summed E-state index contributed by atoms with van der Waals surface area (Å²) >= 11 is 3.12. The van der Waals surface area contributed by atoms with Gasteiger partial charge in [-0.25, -0.2) is 0 Å². The molecule has 1 aliphatic rings. The Labute approximate surface area is 181 Å². The van der Waals surface area contributed by atoms with E-state index in [-0.39, 0.29) is 16.6 Å². The fraction of sp³-hybridized carbons (Fsp3) is 0.478. The molecule has 3 N–H and O–H groups in total. The normalized spacial score (nSPS) is 17.3. The number of benzene rings is 1. The number of carbonyl (C=O) groups is 1. The lowest BCUT2D eigenvalue weighted by Crippen LogP contribution is -2.26. The minimum absolute atomic E-state index is 0.0446. The number of amides is 1. The molecule has 2 atom stereocenters. The third-order valence-electron chi connectivity index (χ3n) is 5.66. The molecular formula is C23H29N3OS2. The average Bonchev–Trinajstić information content (AvgIpc) is 3.02. The van der Waals surface area contributed by atoms with Crippen molar-refractivity contribution in [2.45, 2.75) is 63.5 Å². The number of nitrogens with two attached hydrogens (primary N) is 1. The summed E-state index contributed by atoms with van der Waals surface area (Å²) in [4.78, 5) is 15.2. The maximum Gasteiger partial charge on any atom is 0.238 e. The third kappa shape index (κ3) is 4.96. The van der Waals surface area contributed by atoms with Gasteiger partial charge >= 0.3 is 0 Å². The van der Waals surface area contributed by atoms with Crippen LogP contribution in [0.25, 0.3) is 0 Å². The summed E-state index contributed by atoms with van der Waals surface area (Å²) in [7, 11) is 0. The van der Waals surface area contributed by atoms with Crippen LogP contribution in [0.5, 0.6) is 0 Å². The number of rotatable bonds is 5. The summed E-state index contributed by atoms with van der Waals surface area (Å²) in [6.07, 6.45) is 3.72. The second-order valence-corrected chi connectivity index (χ2v) is 11.1. The van der Waals surface area contributed by atoms with E-state index in [1.54, 1.807) is 11.3 Å². The number of hydrogen-bond donors (Lipinski definition) is 2. The van der Waals surface area contributed by atoms with Gasteiger partial charge in [0.25, 0.3) is 0 Å². The molecule has 0 spiro atoms. The standard InChI is InChI=1S/C23H29N3OS2/c1-5-19(28-16-9-7-15(25)8-10-16)21(27)26-22-18(13-24)17-11-6-14(23(2,3)4)12-20(17)29-22/h7-10,14,19H,5-6,11-12,25H2,1-4H3,(H,26,27). The van der Waals surface area contributed by atoms with E-state index in [9.17, 15) is 10.1 Å². The van der Waals surface area contributed by atoms with Crippen molar-refractivity contribution in [3.05, 3.63) is 40.3 Å². The molecular weight excluding hydrogens is 398 g/mol. The van der Waals surface area contributed by atoms with Gasteiger partial charge in [0, 0.05) is 15.5 Å². The Hall–Kier alpha value is -1.97. The molecule has 1 amide bonds. The fourth-order valence-electron chi connectivity index (χ4n) is 3.76. The van der Waals surface area contributed by atoms with Gasteiger partial charge in [-0.05, 0) is 66.8 Å². The van der Waals surface area contributed by atoms with Crippen LogP contribution in [-0.4, -0.2) is 11.2 Å². The molecule has 0 saturated heterocycles. The van der Waals surface area contributed by atoms with Crippen LogP contribution >= 0.6 is 23.1 Å². The summed E-state index contributed by atoms with van der Waals surface area (Å²) in [5, 5.41) is 13.3. The Morgan fingerprint density at radius 3 is 2.66 bits per heavy atom. The van der Waals surface area contributed by atoms with Crippen molar-refractivity contribution in [3.63, 3.8) is 0 Å². The molecule has 29 heavy (non-hydrogen) atoms. The molecule has 154 valence electrons. The van der Waals surface area contributed by atoms with Crippen molar-refractivity contribution in [1.82, 2.24) is 0 Å². The maximum absolute atomic E-state index is 13.0. The summed E-state index contributed by atoms with van der Waals surface area (Å²) < 4.78 is 0. The molecule has 2 aromatic rings. The van der Waals surface area contributed by atoms with Gasteiger partial charge in [0.15, 0.2) is 0 Å². The molecule has 0 aliphatic heterocycles. The minimum Gasteiger partial charge on any atom is -0.399 e. The van der Waals surface area contributed by atoms with Gasteiger partial charge in [0.2, 0.25) is 5.91 Å². The number of fused-ring (bicyclic) bond motifs is 1. The van der Waals surface area contributed by atoms with Gasteiger partial charge in [-0.2, -0.15) is 5.26 Å². The predicted octanol–water partition coefficient (Wildman–Crippen LogP) is 5.86. The van der Waals surface area contributed by atoms with Crippen LogP contribution in [0.4, 0.5) is 10.7 Å². The van der Waals surface area contributed by atoms with Crippen LogP contribution in [0.15, 0.2) is 29.2 Å². The Morgan fingerprint density at radius 1 is 1.38 bits per heavy atom. The van der Waals surface area contributed by atoms with Crippen LogP contribution in [0.2, 0.25) is 0 Å². The van der Waals surface area contributed by atoms with Gasteiger partial charge < -0.3 is 11.1 Å². The molecule has 0 fully saturated rings. The minimum atomic E-state index is -0.216. The first-order chi connectivity index (χ1) is 13.7. The zero-order valence-electron chi connectivity index (χ0n) is 17.5. The summed E-state index contributed by atoms with van der Waals surface area (Å²) in [6.45, 7) is 8.85. The van der Waals surface area contributed by atoms with Gasteiger partial charge in [-0.15, -0.1) is 23.1 Å². The molecule has 6 heteroatoms. The Kier molecular flexibility index (Phi) is 6.60. The predicted molar refractivity (Wildman–Crippen MR) is 123 cm³/mol. The number of carbonyl (C=O) groups excluding carboxylic acids is 1. The van der Waals surface area contributed by atoms with Crippen LogP contribution in [0.1, 0.15) is 56.5 Å². The number of hydrogen-bond acceptors (Lipinski definition) is 5. The van der Waals surface area contributed by atoms with Gasteiger partial charge in [0.1, 0.15) is 11.1 Å². The lowest BCUT2D eigenvalue weighted by Gasteiger charge is -2.33. The van der Waals surface area contributed by atoms with Crippen molar-refractivity contribution < 1.29 is 4.79 Å². The highest BCUT2D eigenvalue weighted by Crippen LogP contribution is 2.44. The first-order valence-corrected chi connectivity index (χ1v) is 11.8. The molecule has 1 aliphatic carbocycles. The number of nitrogen functional groups attached to an aromatic ring is 1. The van der Waals surface area contributed by atoms with Gasteiger partial charge in [0.05, 0.1) is 10.8 Å². The van der Waals surface area contributed by atoms with E-state index >= 15 is 0 Å². The molecule has 2 unspecified atom stereocenters. The second kappa shape index (κ2) is 8.81. The second-order valence-electron chi connectivity index (χ2n) is 8.70. The Balaban J connectivity index is 1.77. The SMILES string of the molecule is CCC(Sc1ccc(N)cc1)C(=O)Nc1sc2c(c1C#N)CCC(C(C)(C)C)C2. The number of nitrogens with zero attached hydrogens (tertiary/aromatic N) is 1. The number of thiophene rings is 1. The zero-order valence-corrected chi connectivity index (χ0v) is 19.2. The summed E-state index contributed by atoms with van der Waals surface area (Å²) in [5.74, 6) is 0.560. The Bertz CT molecular complexity index is 919. The molecule has 0 saturated carbocycles. The lowest BCUT2D eigenvalue weighted by atomic mass is 9.72. The molecule has 0 radical (unpaired) electrons. The van der Waals surface area contributed by atoms with Crippen LogP contribution in [0.3, 0.4) is 0 Å². The Morgan fingerprint density at radius 2 is 2.07 bits per heavy atom. The van der Waals surface area contributed by atoms with Crippen molar-refractivity contribution in [2.75, 3.05) is 11.1 Å². The summed E-state index contributed by atoms with van der Waals surface area (Å²) in [5.41, 5.74) is 8.52. The number of nitriles is 1. The highest BCUT2D eigenvalue weighted by molar-refractivity contribution is 8.00. The lowest BCUT2D eigenvalue weighted by molar-refractivity contribution is -0.115. The first-order valence-electron chi connectivity index (χ1n) is 10.1. The van der Waals surface area contributed by atoms with E-state index in [0.29, 0.717) is 28.6 Å². The van der Waals surface area contributed by atoms with Crippen molar-refractivity contribution in [3.8, 4) is 6.07 Å². The van der Waals surface area contributed by atoms with E-state index in [0.717, 1.165) is 29.7 Å². The number of thioether (sulfide) groups is 1. The first kappa shape index (κ1) is 21.7. The molecule has 0 bridgehead atoms. The van der Waals surface area contributed by atoms with Crippen LogP contribution < -0.4 is 11.1 Å². The van der Waals surface area contributed by atoms with E-state index in [1.807, 2.05) is 31.2 Å². The van der Waals surface area contributed by atoms with E-state index in [4.69, 9.17) is 5.73 Å². The average molecular weight is 428 g/mol. The van der Waals surface area contributed by atoms with Crippen molar-refractivity contribution in [1.29, 1.82) is 5.26 Å². The van der Waals surface area contributed by atoms with Crippen LogP contribution in [-0.2, 0) is 17.6 Å². The quantitative estimate of drug-likeness (QED) is 0.462.